The van der Waals surface area contributed by atoms with Gasteiger partial charge in [0.05, 0.1) is 6.54 Å². The predicted molar refractivity (Wildman–Crippen MR) is 133 cm³/mol. The standard InChI is InChI=1S/C27H38N2O5/c1-4-33-25(26(30)31)20-23-10-12-24(13-11-23)34-19-18-29(17-15-21(2)3)27(32)28-16-14-22-8-6-5-7-9-22/h5-13,21,25H,4,14-20H2,1-3H3,(H,28,32)(H,30,31). The molecule has 34 heavy (non-hydrogen) atoms. The Balaban J connectivity index is 1.83. The molecule has 186 valence electrons. The van der Waals surface area contributed by atoms with E-state index in [2.05, 4.69) is 31.3 Å². The summed E-state index contributed by atoms with van der Waals surface area (Å²) in [5.74, 6) is 0.213. The molecule has 1 unspecified atom stereocenters. The maximum absolute atomic E-state index is 12.7. The SMILES string of the molecule is CCOC(Cc1ccc(OCCN(CCC(C)C)C(=O)NCCc2ccccc2)cc1)C(=O)O. The molecule has 0 fully saturated rings. The number of hydrogen-bond acceptors (Lipinski definition) is 4. The lowest BCUT2D eigenvalue weighted by atomic mass is 10.1. The number of benzene rings is 2. The lowest BCUT2D eigenvalue weighted by Crippen LogP contribution is -2.43. The highest BCUT2D eigenvalue weighted by Crippen LogP contribution is 2.15. The number of carbonyl (C=O) groups excluding carboxylic acids is 1. The summed E-state index contributed by atoms with van der Waals surface area (Å²) >= 11 is 0. The van der Waals surface area contributed by atoms with Crippen molar-refractivity contribution in [1.29, 1.82) is 0 Å². The minimum atomic E-state index is -0.967. The van der Waals surface area contributed by atoms with E-state index in [1.165, 1.54) is 5.56 Å². The molecule has 7 heteroatoms. The van der Waals surface area contributed by atoms with E-state index in [1.807, 2.05) is 42.5 Å². The summed E-state index contributed by atoms with van der Waals surface area (Å²) in [5, 5.41) is 12.3. The van der Waals surface area contributed by atoms with Gasteiger partial charge >= 0.3 is 12.0 Å². The van der Waals surface area contributed by atoms with Crippen molar-refractivity contribution in [1.82, 2.24) is 10.2 Å². The van der Waals surface area contributed by atoms with Gasteiger partial charge in [-0.05, 0) is 48.9 Å². The summed E-state index contributed by atoms with van der Waals surface area (Å²) < 4.78 is 11.1. The largest absolute Gasteiger partial charge is 0.492 e. The van der Waals surface area contributed by atoms with Gasteiger partial charge in [-0.2, -0.15) is 0 Å². The van der Waals surface area contributed by atoms with Crippen molar-refractivity contribution in [2.24, 2.45) is 5.92 Å². The number of aliphatic carboxylic acids is 1. The van der Waals surface area contributed by atoms with Crippen LogP contribution in [0.3, 0.4) is 0 Å². The molecule has 0 aromatic heterocycles. The van der Waals surface area contributed by atoms with Crippen molar-refractivity contribution in [3.05, 3.63) is 65.7 Å². The van der Waals surface area contributed by atoms with Crippen LogP contribution in [-0.2, 0) is 22.4 Å². The highest BCUT2D eigenvalue weighted by molar-refractivity contribution is 5.74. The van der Waals surface area contributed by atoms with Crippen molar-refractivity contribution in [2.45, 2.75) is 46.1 Å². The second-order valence-corrected chi connectivity index (χ2v) is 8.62. The zero-order valence-corrected chi connectivity index (χ0v) is 20.5. The molecule has 0 aliphatic carbocycles. The van der Waals surface area contributed by atoms with Crippen LogP contribution < -0.4 is 10.1 Å². The van der Waals surface area contributed by atoms with E-state index in [9.17, 15) is 14.7 Å². The zero-order chi connectivity index (χ0) is 24.8. The summed E-state index contributed by atoms with van der Waals surface area (Å²) in [5.41, 5.74) is 2.06. The number of rotatable bonds is 15. The van der Waals surface area contributed by atoms with Crippen LogP contribution in [0.5, 0.6) is 5.75 Å². The van der Waals surface area contributed by atoms with Crippen LogP contribution in [0.1, 0.15) is 38.3 Å². The molecule has 0 radical (unpaired) electrons. The van der Waals surface area contributed by atoms with Crippen LogP contribution in [0.4, 0.5) is 4.79 Å². The molecular formula is C27H38N2O5. The van der Waals surface area contributed by atoms with Crippen molar-refractivity contribution < 1.29 is 24.2 Å². The Morgan fingerprint density at radius 2 is 1.71 bits per heavy atom. The predicted octanol–water partition coefficient (Wildman–Crippen LogP) is 4.40. The number of nitrogens with zero attached hydrogens (tertiary/aromatic N) is 1. The molecule has 1 atom stereocenters. The third-order valence-corrected chi connectivity index (χ3v) is 5.41. The normalized spacial score (nSPS) is 11.8. The number of hydrogen-bond donors (Lipinski definition) is 2. The molecule has 0 aliphatic rings. The summed E-state index contributed by atoms with van der Waals surface area (Å²) in [6, 6.07) is 17.3. The lowest BCUT2D eigenvalue weighted by Gasteiger charge is -2.24. The van der Waals surface area contributed by atoms with Gasteiger partial charge in [-0.3, -0.25) is 0 Å². The first-order valence-corrected chi connectivity index (χ1v) is 12.0. The Morgan fingerprint density at radius 1 is 1.00 bits per heavy atom. The van der Waals surface area contributed by atoms with Gasteiger partial charge in [0.15, 0.2) is 6.10 Å². The first kappa shape index (κ1) is 27.2. The van der Waals surface area contributed by atoms with Gasteiger partial charge in [0, 0.05) is 26.1 Å². The van der Waals surface area contributed by atoms with E-state index in [1.54, 1.807) is 11.8 Å². The Hall–Kier alpha value is -3.06. The third kappa shape index (κ3) is 10.3. The second-order valence-electron chi connectivity index (χ2n) is 8.62. The number of carboxylic acids is 1. The van der Waals surface area contributed by atoms with Gasteiger partial charge in [0.25, 0.3) is 0 Å². The molecule has 2 aromatic carbocycles. The monoisotopic (exact) mass is 470 g/mol. The number of urea groups is 1. The fourth-order valence-corrected chi connectivity index (χ4v) is 3.43. The highest BCUT2D eigenvalue weighted by atomic mass is 16.5. The van der Waals surface area contributed by atoms with E-state index in [-0.39, 0.29) is 6.03 Å². The van der Waals surface area contributed by atoms with Crippen molar-refractivity contribution >= 4 is 12.0 Å². The van der Waals surface area contributed by atoms with Crippen molar-refractivity contribution in [3.63, 3.8) is 0 Å². The fraction of sp³-hybridized carbons (Fsp3) is 0.481. The molecule has 7 nitrogen and oxygen atoms in total. The molecule has 0 aliphatic heterocycles. The van der Waals surface area contributed by atoms with Crippen LogP contribution in [-0.4, -0.2) is 61.0 Å². The van der Waals surface area contributed by atoms with E-state index >= 15 is 0 Å². The Labute approximate surface area is 203 Å². The highest BCUT2D eigenvalue weighted by Gasteiger charge is 2.18. The number of ether oxygens (including phenoxy) is 2. The first-order valence-electron chi connectivity index (χ1n) is 12.0. The van der Waals surface area contributed by atoms with Crippen LogP contribution in [0.2, 0.25) is 0 Å². The van der Waals surface area contributed by atoms with Crippen molar-refractivity contribution in [3.8, 4) is 5.75 Å². The summed E-state index contributed by atoms with van der Waals surface area (Å²) in [6.07, 6.45) is 1.16. The van der Waals surface area contributed by atoms with E-state index in [0.29, 0.717) is 50.9 Å². The van der Waals surface area contributed by atoms with Gasteiger partial charge in [0.2, 0.25) is 0 Å². The van der Waals surface area contributed by atoms with Crippen LogP contribution in [0.25, 0.3) is 0 Å². The molecule has 0 saturated heterocycles. The number of nitrogens with one attached hydrogen (secondary N) is 1. The van der Waals surface area contributed by atoms with Crippen molar-refractivity contribution in [2.75, 3.05) is 32.8 Å². The molecule has 2 N–H and O–H groups in total. The van der Waals surface area contributed by atoms with E-state index < -0.39 is 12.1 Å². The van der Waals surface area contributed by atoms with Gasteiger partial charge in [0.1, 0.15) is 12.4 Å². The average Bonchev–Trinajstić information content (AvgIpc) is 2.82. The van der Waals surface area contributed by atoms with Gasteiger partial charge in [-0.1, -0.05) is 56.3 Å². The Morgan fingerprint density at radius 3 is 2.32 bits per heavy atom. The zero-order valence-electron chi connectivity index (χ0n) is 20.5. The lowest BCUT2D eigenvalue weighted by molar-refractivity contribution is -0.149. The van der Waals surface area contributed by atoms with Crippen LogP contribution in [0, 0.1) is 5.92 Å². The Bertz CT molecular complexity index is 855. The third-order valence-electron chi connectivity index (χ3n) is 5.41. The van der Waals surface area contributed by atoms with Crippen LogP contribution >= 0.6 is 0 Å². The minimum absolute atomic E-state index is 0.0776. The van der Waals surface area contributed by atoms with Gasteiger partial charge < -0.3 is 24.8 Å². The molecule has 2 amide bonds. The van der Waals surface area contributed by atoms with Gasteiger partial charge in [-0.25, -0.2) is 9.59 Å². The molecule has 2 rings (SSSR count). The smallest absolute Gasteiger partial charge is 0.333 e. The summed E-state index contributed by atoms with van der Waals surface area (Å²) in [4.78, 5) is 25.8. The van der Waals surface area contributed by atoms with Crippen LogP contribution in [0.15, 0.2) is 54.6 Å². The van der Waals surface area contributed by atoms with Gasteiger partial charge in [-0.15, -0.1) is 0 Å². The molecule has 2 aromatic rings. The molecule has 0 saturated carbocycles. The fourth-order valence-electron chi connectivity index (χ4n) is 3.43. The quantitative estimate of drug-likeness (QED) is 0.403. The number of carbonyl (C=O) groups is 2. The van der Waals surface area contributed by atoms with E-state index in [4.69, 9.17) is 9.47 Å². The Kier molecular flexibility index (Phi) is 12.0. The van der Waals surface area contributed by atoms with E-state index in [0.717, 1.165) is 18.4 Å². The molecule has 0 spiro atoms. The molecular weight excluding hydrogens is 432 g/mol. The molecule has 0 heterocycles. The first-order chi connectivity index (χ1) is 16.4. The minimum Gasteiger partial charge on any atom is -0.492 e. The maximum atomic E-state index is 12.7. The second kappa shape index (κ2) is 15.0. The number of carboxylic acid groups (broad SMARTS) is 1. The topological polar surface area (TPSA) is 88.1 Å². The summed E-state index contributed by atoms with van der Waals surface area (Å²) in [6.45, 7) is 8.53. The molecule has 0 bridgehead atoms. The number of amides is 2. The maximum Gasteiger partial charge on any atom is 0.333 e. The average molecular weight is 471 g/mol. The summed E-state index contributed by atoms with van der Waals surface area (Å²) in [7, 11) is 0.